The first-order valence-electron chi connectivity index (χ1n) is 17.1. The molecule has 0 bridgehead atoms. The summed E-state index contributed by atoms with van der Waals surface area (Å²) in [4.78, 5) is 114. The molecular weight excluding hydrogens is 708 g/mol. The molecule has 6 N–H and O–H groups in total. The number of ether oxygens (including phenoxy) is 1. The van der Waals surface area contributed by atoms with E-state index in [0.29, 0.717) is 12.0 Å². The van der Waals surface area contributed by atoms with Gasteiger partial charge in [0.2, 0.25) is 35.3 Å². The van der Waals surface area contributed by atoms with E-state index in [-0.39, 0.29) is 84.4 Å². The van der Waals surface area contributed by atoms with Gasteiger partial charge in [0.1, 0.15) is 17.2 Å². The van der Waals surface area contributed by atoms with Gasteiger partial charge in [0.15, 0.2) is 5.78 Å². The number of benzene rings is 2. The van der Waals surface area contributed by atoms with E-state index in [0.717, 1.165) is 17.1 Å². The molecule has 18 nitrogen and oxygen atoms in total. The quantitative estimate of drug-likeness (QED) is 0.0868. The van der Waals surface area contributed by atoms with Crippen molar-refractivity contribution in [2.75, 3.05) is 46.4 Å². The summed E-state index contributed by atoms with van der Waals surface area (Å²) in [6.45, 7) is -1.08. The second-order valence-electron chi connectivity index (χ2n) is 13.1. The fourth-order valence-corrected chi connectivity index (χ4v) is 6.92. The molecule has 282 valence electrons. The lowest BCUT2D eigenvalue weighted by Crippen LogP contribution is -2.63. The molecule has 1 atom stereocenters. The van der Waals surface area contributed by atoms with Crippen LogP contribution in [0.15, 0.2) is 30.4 Å². The van der Waals surface area contributed by atoms with Crippen molar-refractivity contribution in [2.45, 2.75) is 31.7 Å². The number of nitrogens with zero attached hydrogens (tertiary/aromatic N) is 2. The Bertz CT molecular complexity index is 2030. The zero-order chi connectivity index (χ0) is 38.8. The van der Waals surface area contributed by atoms with Crippen LogP contribution in [0.2, 0.25) is 0 Å². The first-order chi connectivity index (χ1) is 25.8. The number of hydrogen-bond acceptors (Lipinski definition) is 12. The van der Waals surface area contributed by atoms with Crippen molar-refractivity contribution in [2.24, 2.45) is 5.92 Å². The highest BCUT2D eigenvalue weighted by Gasteiger charge is 2.42. The molecule has 0 saturated carbocycles. The maximum atomic E-state index is 13.5. The highest BCUT2D eigenvalue weighted by atomic mass is 16.5. The van der Waals surface area contributed by atoms with Gasteiger partial charge in [-0.3, -0.25) is 48.1 Å². The predicted octanol–water partition coefficient (Wildman–Crippen LogP) is -2.02. The minimum Gasteiger partial charge on any atom is -0.507 e. The van der Waals surface area contributed by atoms with Crippen LogP contribution in [-0.2, 0) is 46.4 Å². The highest BCUT2D eigenvalue weighted by molar-refractivity contribution is 6.31. The molecule has 0 unspecified atom stereocenters. The number of carbonyl (C=O) groups is 9. The smallest absolute Gasteiger partial charge is 0.253 e. The molecule has 2 aromatic carbocycles. The van der Waals surface area contributed by atoms with Crippen LogP contribution in [-0.4, -0.2) is 125 Å². The normalized spacial score (nSPS) is 17.2. The second kappa shape index (κ2) is 15.2. The van der Waals surface area contributed by atoms with Crippen LogP contribution in [0.3, 0.4) is 0 Å². The van der Waals surface area contributed by atoms with Gasteiger partial charge in [-0.25, -0.2) is 0 Å². The number of rotatable bonds is 12. The Labute approximate surface area is 306 Å². The minimum atomic E-state index is -0.680. The summed E-state index contributed by atoms with van der Waals surface area (Å²) < 4.78 is 5.27. The Hall–Kier alpha value is -6.59. The molecular formula is C36H36N6O12. The molecule has 0 spiro atoms. The minimum absolute atomic E-state index is 0.00614. The van der Waals surface area contributed by atoms with Crippen LogP contribution < -0.4 is 26.0 Å². The molecule has 2 heterocycles. The van der Waals surface area contributed by atoms with Gasteiger partial charge in [0.25, 0.3) is 11.8 Å². The number of hydrogen-bond donors (Lipinski definition) is 6. The average molecular weight is 745 g/mol. The van der Waals surface area contributed by atoms with E-state index < -0.39 is 84.1 Å². The molecule has 1 fully saturated rings. The number of methoxy groups -OCH3 is 1. The Morgan fingerprint density at radius 1 is 0.778 bits per heavy atom. The Kier molecular flexibility index (Phi) is 10.4. The van der Waals surface area contributed by atoms with E-state index in [9.17, 15) is 53.4 Å². The van der Waals surface area contributed by atoms with Gasteiger partial charge in [-0.1, -0.05) is 12.1 Å². The van der Waals surface area contributed by atoms with Crippen molar-refractivity contribution >= 4 is 52.9 Å². The molecule has 4 aliphatic rings. The third-order valence-electron chi connectivity index (χ3n) is 9.73. The van der Waals surface area contributed by atoms with E-state index in [1.165, 1.54) is 24.1 Å². The van der Waals surface area contributed by atoms with E-state index >= 15 is 0 Å². The summed E-state index contributed by atoms with van der Waals surface area (Å²) in [5, 5.41) is 32.1. The van der Waals surface area contributed by atoms with Crippen LogP contribution in [0.5, 0.6) is 17.2 Å². The number of fused-ring (bicyclic) bond motifs is 3. The molecule has 7 amide bonds. The van der Waals surface area contributed by atoms with Crippen LogP contribution in [0, 0.1) is 5.92 Å². The maximum absolute atomic E-state index is 13.5. The zero-order valence-electron chi connectivity index (χ0n) is 29.0. The Balaban J connectivity index is 0.919. The molecule has 6 rings (SSSR count). The third-order valence-corrected chi connectivity index (χ3v) is 9.73. The number of aromatic hydroxyl groups is 2. The molecule has 2 aromatic rings. The van der Waals surface area contributed by atoms with Crippen LogP contribution >= 0.6 is 0 Å². The van der Waals surface area contributed by atoms with Crippen molar-refractivity contribution in [1.29, 1.82) is 0 Å². The number of phenolic OH excluding ortho intramolecular Hbond substituents is 2. The van der Waals surface area contributed by atoms with Gasteiger partial charge in [-0.15, -0.1) is 0 Å². The second-order valence-corrected chi connectivity index (χ2v) is 13.1. The number of nitrogens with one attached hydrogen (secondary N) is 4. The highest BCUT2D eigenvalue weighted by Crippen LogP contribution is 2.47. The van der Waals surface area contributed by atoms with Crippen LogP contribution in [0.4, 0.5) is 0 Å². The van der Waals surface area contributed by atoms with Crippen molar-refractivity contribution in [3.8, 4) is 17.2 Å². The van der Waals surface area contributed by atoms with E-state index in [4.69, 9.17) is 4.74 Å². The first kappa shape index (κ1) is 37.2. The molecule has 0 radical (unpaired) electrons. The number of phenols is 2. The lowest BCUT2D eigenvalue weighted by atomic mass is 9.75. The maximum Gasteiger partial charge on any atom is 0.253 e. The van der Waals surface area contributed by atoms with Gasteiger partial charge in [-0.05, 0) is 25.3 Å². The number of imide groups is 1. The third kappa shape index (κ3) is 7.22. The molecule has 18 heteroatoms. The van der Waals surface area contributed by atoms with Gasteiger partial charge in [-0.2, -0.15) is 0 Å². The number of amides is 7. The van der Waals surface area contributed by atoms with E-state index in [1.54, 1.807) is 6.07 Å². The molecule has 54 heavy (non-hydrogen) atoms. The molecule has 2 aliphatic heterocycles. The van der Waals surface area contributed by atoms with E-state index in [2.05, 4.69) is 21.3 Å². The summed E-state index contributed by atoms with van der Waals surface area (Å²) >= 11 is 0. The van der Waals surface area contributed by atoms with Crippen molar-refractivity contribution in [1.82, 2.24) is 31.1 Å². The predicted molar refractivity (Wildman–Crippen MR) is 183 cm³/mol. The molecule has 2 aliphatic carbocycles. The van der Waals surface area contributed by atoms with E-state index in [1.807, 2.05) is 0 Å². The van der Waals surface area contributed by atoms with Crippen molar-refractivity contribution in [3.05, 3.63) is 63.7 Å². The fraction of sp³-hybridized carbons (Fsp3) is 0.361. The number of carbonyl (C=O) groups excluding carboxylic acids is 9. The summed E-state index contributed by atoms with van der Waals surface area (Å²) in [5.41, 5.74) is -0.0201. The topological polar surface area (TPSA) is 258 Å². The monoisotopic (exact) mass is 744 g/mol. The van der Waals surface area contributed by atoms with Gasteiger partial charge >= 0.3 is 0 Å². The van der Waals surface area contributed by atoms with Crippen LogP contribution in [0.1, 0.15) is 55.8 Å². The van der Waals surface area contributed by atoms with Gasteiger partial charge in [0, 0.05) is 60.8 Å². The van der Waals surface area contributed by atoms with Crippen molar-refractivity contribution < 1.29 is 58.1 Å². The number of likely N-dealkylation sites (tertiary alicyclic amines) is 1. The summed E-state index contributed by atoms with van der Waals surface area (Å²) in [6.07, 6.45) is 2.48. The van der Waals surface area contributed by atoms with Gasteiger partial charge in [0.05, 0.1) is 49.5 Å². The molecule has 0 aromatic heterocycles. The largest absolute Gasteiger partial charge is 0.507 e. The zero-order valence-corrected chi connectivity index (χ0v) is 29.0. The standard InChI is InChI=1S/C36H36N6O12/c1-54-22-4-2-3-20-29(22)35(52)31-30(33(20)50)34(51)21-11-17(5-6-19(21)32(31)49)36(53)41-15-18(16-41)40-26(46)14-39-25(45)13-38-24(44)12-37-23(43)9-10-42-27(47)7-8-28(42)48/h2-4,7-8,17-18,49,51H,5-6,9-16H2,1H3,(H,37,43)(H,38,44)(H,39,45)(H,40,46)/t17-/m0/s1. The SMILES string of the molecule is COc1cccc2c1C(=O)c1c(O)c3c(c(O)c1C2=O)C[C@@H](C(=O)N1CC(NC(=O)CNC(=O)CNC(=O)CNC(=O)CCN2C(=O)C=CC2=O)C1)CC3. The van der Waals surface area contributed by atoms with Crippen LogP contribution in [0.25, 0.3) is 0 Å². The average Bonchev–Trinajstić information content (AvgIpc) is 3.47. The lowest BCUT2D eigenvalue weighted by Gasteiger charge is -2.42. The Morgan fingerprint density at radius 3 is 2.02 bits per heavy atom. The fourth-order valence-electron chi connectivity index (χ4n) is 6.92. The van der Waals surface area contributed by atoms with Gasteiger partial charge < -0.3 is 41.1 Å². The first-order valence-corrected chi connectivity index (χ1v) is 17.1. The number of ketones is 2. The summed E-state index contributed by atoms with van der Waals surface area (Å²) in [7, 11) is 1.36. The Morgan fingerprint density at radius 2 is 1.37 bits per heavy atom. The van der Waals surface area contributed by atoms with Crippen molar-refractivity contribution in [3.63, 3.8) is 0 Å². The molecule has 1 saturated heterocycles. The lowest BCUT2D eigenvalue weighted by molar-refractivity contribution is -0.142. The summed E-state index contributed by atoms with van der Waals surface area (Å²) in [6, 6.07) is 4.12. The summed E-state index contributed by atoms with van der Waals surface area (Å²) in [5.74, 6) is -6.31.